The minimum absolute atomic E-state index is 0.0954. The first kappa shape index (κ1) is 18.3. The molecule has 0 bridgehead atoms. The lowest BCUT2D eigenvalue weighted by atomic mass is 10.1. The van der Waals surface area contributed by atoms with Crippen LogP contribution in [-0.4, -0.2) is 31.0 Å². The van der Waals surface area contributed by atoms with Crippen molar-refractivity contribution in [1.82, 2.24) is 0 Å². The molecule has 0 aliphatic carbocycles. The molecule has 0 fully saturated rings. The number of benzene rings is 1. The van der Waals surface area contributed by atoms with Crippen molar-refractivity contribution in [3.63, 3.8) is 0 Å². The molecule has 22 heavy (non-hydrogen) atoms. The molecule has 1 rings (SSSR count). The molecule has 0 aliphatic rings. The van der Waals surface area contributed by atoms with Gasteiger partial charge in [-0.25, -0.2) is 0 Å². The molecular weight excluding hydrogens is 347 g/mol. The van der Waals surface area contributed by atoms with Crippen molar-refractivity contribution in [3.05, 3.63) is 23.2 Å². The number of hydrogen-bond acceptors (Lipinski definition) is 2. The number of carbonyl (C=O) groups excluding carboxylic acids is 1. The Balaban J connectivity index is 3.14. The van der Waals surface area contributed by atoms with E-state index in [4.69, 9.17) is 11.6 Å². The normalized spacial score (nSPS) is 13.0. The van der Waals surface area contributed by atoms with Crippen LogP contribution in [0.5, 0.6) is 5.75 Å². The van der Waals surface area contributed by atoms with Crippen LogP contribution in [0, 0.1) is 0 Å². The lowest BCUT2D eigenvalue weighted by Gasteiger charge is -2.27. The van der Waals surface area contributed by atoms with Gasteiger partial charge in [0.1, 0.15) is 5.75 Å². The van der Waals surface area contributed by atoms with E-state index in [0.29, 0.717) is 0 Å². The zero-order chi connectivity index (χ0) is 17.3. The molecule has 1 amide bonds. The largest absolute Gasteiger partial charge is 0.495 e. The second-order valence-corrected chi connectivity index (χ2v) is 4.38. The van der Waals surface area contributed by atoms with E-state index in [1.54, 1.807) is 0 Å². The van der Waals surface area contributed by atoms with E-state index in [-0.39, 0.29) is 10.8 Å². The van der Waals surface area contributed by atoms with Crippen molar-refractivity contribution in [1.29, 1.82) is 0 Å². The predicted molar refractivity (Wildman–Crippen MR) is 62.6 cm³/mol. The second-order valence-electron chi connectivity index (χ2n) is 3.95. The summed E-state index contributed by atoms with van der Waals surface area (Å²) < 4.78 is 92.4. The van der Waals surface area contributed by atoms with Gasteiger partial charge in [-0.15, -0.1) is 0 Å². The molecule has 124 valence electrons. The van der Waals surface area contributed by atoms with Gasteiger partial charge in [-0.1, -0.05) is 11.6 Å². The topological polar surface area (TPSA) is 38.3 Å². The van der Waals surface area contributed by atoms with E-state index in [9.17, 15) is 35.5 Å². The third-order valence-corrected chi connectivity index (χ3v) is 2.68. The fraction of sp³-hybridized carbons (Fsp3) is 0.364. The first-order chi connectivity index (χ1) is 9.84. The molecule has 1 N–H and O–H groups in total. The zero-order valence-corrected chi connectivity index (χ0v) is 11.3. The van der Waals surface area contributed by atoms with Crippen LogP contribution in [0.2, 0.25) is 5.02 Å². The Hall–Kier alpha value is -1.71. The fourth-order valence-electron chi connectivity index (χ4n) is 1.30. The molecule has 0 radical (unpaired) electrons. The number of carbonyl (C=O) groups is 1. The predicted octanol–water partition coefficient (Wildman–Crippen LogP) is 4.12. The monoisotopic (exact) mass is 353 g/mol. The quantitative estimate of drug-likeness (QED) is 0.827. The maximum atomic E-state index is 13.2. The average molecular weight is 354 g/mol. The molecule has 0 aromatic heterocycles. The Morgan fingerprint density at radius 2 is 1.68 bits per heavy atom. The van der Waals surface area contributed by atoms with Gasteiger partial charge in [0, 0.05) is 5.02 Å². The van der Waals surface area contributed by atoms with Gasteiger partial charge in [0.15, 0.2) is 0 Å². The number of ether oxygens (including phenoxy) is 1. The number of halogens is 8. The molecule has 0 saturated heterocycles. The van der Waals surface area contributed by atoms with Gasteiger partial charge in [0.05, 0.1) is 12.8 Å². The molecule has 0 spiro atoms. The average Bonchev–Trinajstić information content (AvgIpc) is 2.37. The summed E-state index contributed by atoms with van der Waals surface area (Å²) in [4.78, 5) is 11.2. The first-order valence-corrected chi connectivity index (χ1v) is 5.69. The van der Waals surface area contributed by atoms with Crippen molar-refractivity contribution in [3.8, 4) is 5.75 Å². The highest BCUT2D eigenvalue weighted by Crippen LogP contribution is 2.47. The van der Waals surface area contributed by atoms with Gasteiger partial charge in [0.25, 0.3) is 0 Å². The van der Waals surface area contributed by atoms with E-state index in [1.165, 1.54) is 11.4 Å². The number of amides is 1. The lowest BCUT2D eigenvalue weighted by Crippen LogP contribution is -2.57. The Morgan fingerprint density at radius 1 is 1.14 bits per heavy atom. The molecular formula is C11H7ClF7NO2. The van der Waals surface area contributed by atoms with Crippen molar-refractivity contribution < 1.29 is 40.3 Å². The van der Waals surface area contributed by atoms with Gasteiger partial charge in [-0.2, -0.15) is 30.7 Å². The summed E-state index contributed by atoms with van der Waals surface area (Å²) in [7, 11) is 1.06. The molecule has 3 nitrogen and oxygen atoms in total. The number of hydrogen-bond donors (Lipinski definition) is 1. The molecule has 11 heteroatoms. The van der Waals surface area contributed by atoms with E-state index in [0.717, 1.165) is 19.2 Å². The smallest absolute Gasteiger partial charge is 0.460 e. The van der Waals surface area contributed by atoms with Gasteiger partial charge in [-0.05, 0) is 18.2 Å². The van der Waals surface area contributed by atoms with Crippen molar-refractivity contribution in [2.24, 2.45) is 0 Å². The van der Waals surface area contributed by atoms with Crippen molar-refractivity contribution >= 4 is 23.2 Å². The van der Waals surface area contributed by atoms with E-state index in [2.05, 4.69) is 4.74 Å². The summed E-state index contributed by atoms with van der Waals surface area (Å²) in [6, 6.07) is 3.16. The highest BCUT2D eigenvalue weighted by molar-refractivity contribution is 6.31. The van der Waals surface area contributed by atoms with Crippen molar-refractivity contribution in [2.75, 3.05) is 12.4 Å². The van der Waals surface area contributed by atoms with Crippen LogP contribution >= 0.6 is 11.6 Å². The molecule has 1 aromatic carbocycles. The summed E-state index contributed by atoms with van der Waals surface area (Å²) >= 11 is 5.51. The summed E-state index contributed by atoms with van der Waals surface area (Å²) in [5.74, 6) is -15.7. The molecule has 0 aliphatic heterocycles. The third-order valence-electron chi connectivity index (χ3n) is 2.45. The highest BCUT2D eigenvalue weighted by Gasteiger charge is 2.76. The van der Waals surface area contributed by atoms with Crippen molar-refractivity contribution in [2.45, 2.75) is 18.0 Å². The van der Waals surface area contributed by atoms with Gasteiger partial charge in [-0.3, -0.25) is 4.79 Å². The summed E-state index contributed by atoms with van der Waals surface area (Å²) in [5.41, 5.74) is -0.586. The first-order valence-electron chi connectivity index (χ1n) is 5.32. The van der Waals surface area contributed by atoms with E-state index < -0.39 is 29.6 Å². The fourth-order valence-corrected chi connectivity index (χ4v) is 1.47. The second kappa shape index (κ2) is 5.82. The van der Waals surface area contributed by atoms with Crippen LogP contribution in [0.15, 0.2) is 18.2 Å². The van der Waals surface area contributed by atoms with E-state index >= 15 is 0 Å². The molecule has 0 unspecified atom stereocenters. The van der Waals surface area contributed by atoms with Crippen LogP contribution in [0.25, 0.3) is 0 Å². The number of rotatable bonds is 4. The Labute approximate surface area is 124 Å². The van der Waals surface area contributed by atoms with Crippen LogP contribution in [0.3, 0.4) is 0 Å². The standard InChI is InChI=1S/C11H7ClF7NO2/c1-22-7-3-2-5(12)4-6(7)20-8(21)9(13,14)10(15,16)11(17,18)19/h2-4H,1H3,(H,20,21). The summed E-state index contributed by atoms with van der Waals surface area (Å²) in [6.07, 6.45) is -6.60. The van der Waals surface area contributed by atoms with Gasteiger partial charge < -0.3 is 10.1 Å². The summed E-state index contributed by atoms with van der Waals surface area (Å²) in [5, 5.41) is 1.15. The number of anilines is 1. The minimum Gasteiger partial charge on any atom is -0.495 e. The molecule has 1 aromatic rings. The number of alkyl halides is 7. The minimum atomic E-state index is -6.60. The lowest BCUT2D eigenvalue weighted by molar-refractivity contribution is -0.343. The van der Waals surface area contributed by atoms with Crippen LogP contribution in [0.1, 0.15) is 0 Å². The highest BCUT2D eigenvalue weighted by atomic mass is 35.5. The Kier molecular flexibility index (Phi) is 4.85. The number of nitrogens with one attached hydrogen (secondary N) is 1. The maximum absolute atomic E-state index is 13.2. The summed E-state index contributed by atoms with van der Waals surface area (Å²) in [6.45, 7) is 0. The molecule has 0 heterocycles. The van der Waals surface area contributed by atoms with Gasteiger partial charge >= 0.3 is 23.9 Å². The van der Waals surface area contributed by atoms with Crippen LogP contribution in [0.4, 0.5) is 36.4 Å². The molecule has 0 atom stereocenters. The molecule has 0 saturated carbocycles. The van der Waals surface area contributed by atoms with Crippen LogP contribution < -0.4 is 10.1 Å². The third kappa shape index (κ3) is 3.21. The number of methoxy groups -OCH3 is 1. The zero-order valence-electron chi connectivity index (χ0n) is 10.6. The Morgan fingerprint density at radius 3 is 2.14 bits per heavy atom. The van der Waals surface area contributed by atoms with E-state index in [1.807, 2.05) is 0 Å². The maximum Gasteiger partial charge on any atom is 0.460 e. The SMILES string of the molecule is COc1ccc(Cl)cc1NC(=O)C(F)(F)C(F)(F)C(F)(F)F. The Bertz CT molecular complexity index is 574. The van der Waals surface area contributed by atoms with Gasteiger partial charge in [0.2, 0.25) is 0 Å². The van der Waals surface area contributed by atoms with Crippen LogP contribution in [-0.2, 0) is 4.79 Å².